The van der Waals surface area contributed by atoms with Gasteiger partial charge < -0.3 is 10.2 Å². The highest BCUT2D eigenvalue weighted by molar-refractivity contribution is 6.06. The monoisotopic (exact) mass is 352 g/mol. The van der Waals surface area contributed by atoms with E-state index in [0.29, 0.717) is 17.7 Å². The topological polar surface area (TPSA) is 106 Å². The van der Waals surface area contributed by atoms with E-state index >= 15 is 0 Å². The molecule has 0 fully saturated rings. The Bertz CT molecular complexity index is 888. The fourth-order valence-electron chi connectivity index (χ4n) is 2.74. The van der Waals surface area contributed by atoms with Gasteiger partial charge in [-0.3, -0.25) is 10.2 Å². The lowest BCUT2D eigenvalue weighted by atomic mass is 9.94. The highest BCUT2D eigenvalue weighted by Crippen LogP contribution is 2.23. The number of phenols is 2. The van der Waals surface area contributed by atoms with Crippen molar-refractivity contribution in [3.8, 4) is 11.5 Å². The normalized spacial score (nSPS) is 17.5. The van der Waals surface area contributed by atoms with Gasteiger partial charge >= 0.3 is 0 Å². The predicted octanol–water partition coefficient (Wildman–Crippen LogP) is 2.79. The van der Waals surface area contributed by atoms with Crippen LogP contribution >= 0.6 is 0 Å². The maximum atomic E-state index is 11.3. The number of carbonyl (C=O) groups excluding carboxylic acids is 1. The third-order valence-corrected chi connectivity index (χ3v) is 4.16. The third-order valence-electron chi connectivity index (χ3n) is 4.16. The number of hydrogen-bond acceptors (Lipinski definition) is 6. The molecule has 1 aliphatic rings. The van der Waals surface area contributed by atoms with Crippen LogP contribution in [0.5, 0.6) is 11.5 Å². The minimum absolute atomic E-state index is 0.0487. The Kier molecular flexibility index (Phi) is 4.88. The van der Waals surface area contributed by atoms with Crippen molar-refractivity contribution in [3.05, 3.63) is 53.6 Å². The molecule has 0 aromatic heterocycles. The lowest BCUT2D eigenvalue weighted by molar-refractivity contribution is -0.121. The van der Waals surface area contributed by atoms with Gasteiger partial charge in [0.2, 0.25) is 5.91 Å². The summed E-state index contributed by atoms with van der Waals surface area (Å²) in [6.45, 7) is 3.70. The van der Waals surface area contributed by atoms with E-state index in [1.54, 1.807) is 6.92 Å². The van der Waals surface area contributed by atoms with Crippen LogP contribution in [0.4, 0.5) is 5.69 Å². The number of nitrogens with one attached hydrogen (secondary N) is 2. The summed E-state index contributed by atoms with van der Waals surface area (Å²) in [6, 6.07) is 11.8. The van der Waals surface area contributed by atoms with Crippen LogP contribution in [0.1, 0.15) is 31.4 Å². The zero-order chi connectivity index (χ0) is 18.7. The first-order valence-corrected chi connectivity index (χ1v) is 8.23. The zero-order valence-corrected chi connectivity index (χ0v) is 14.5. The molecule has 2 aromatic carbocycles. The van der Waals surface area contributed by atoms with Crippen molar-refractivity contribution in [2.45, 2.75) is 20.3 Å². The molecular weight excluding hydrogens is 332 g/mol. The van der Waals surface area contributed by atoms with Crippen LogP contribution in [-0.4, -0.2) is 27.5 Å². The molecule has 1 heterocycles. The minimum Gasteiger partial charge on any atom is -0.508 e. The van der Waals surface area contributed by atoms with Crippen molar-refractivity contribution in [1.29, 1.82) is 0 Å². The summed E-state index contributed by atoms with van der Waals surface area (Å²) in [4.78, 5) is 11.3. The van der Waals surface area contributed by atoms with E-state index < -0.39 is 0 Å². The van der Waals surface area contributed by atoms with Gasteiger partial charge in [-0.2, -0.15) is 10.2 Å². The van der Waals surface area contributed by atoms with E-state index in [1.807, 2.05) is 31.2 Å². The largest absolute Gasteiger partial charge is 0.508 e. The lowest BCUT2D eigenvalue weighted by Gasteiger charge is -2.19. The highest BCUT2D eigenvalue weighted by Gasteiger charge is 2.21. The Morgan fingerprint density at radius 3 is 2.65 bits per heavy atom. The van der Waals surface area contributed by atoms with Gasteiger partial charge in [0.15, 0.2) is 0 Å². The second-order valence-corrected chi connectivity index (χ2v) is 6.23. The van der Waals surface area contributed by atoms with E-state index in [2.05, 4.69) is 21.1 Å². The molecule has 4 N–H and O–H groups in total. The summed E-state index contributed by atoms with van der Waals surface area (Å²) >= 11 is 0. The molecule has 3 rings (SSSR count). The van der Waals surface area contributed by atoms with E-state index in [1.165, 1.54) is 18.2 Å². The van der Waals surface area contributed by atoms with Gasteiger partial charge in [-0.1, -0.05) is 19.1 Å². The summed E-state index contributed by atoms with van der Waals surface area (Å²) in [5.41, 5.74) is 8.98. The number of carbonyl (C=O) groups is 1. The fourth-order valence-corrected chi connectivity index (χ4v) is 2.74. The van der Waals surface area contributed by atoms with Crippen molar-refractivity contribution in [2.75, 3.05) is 5.43 Å². The van der Waals surface area contributed by atoms with Gasteiger partial charge in [-0.15, -0.1) is 0 Å². The van der Waals surface area contributed by atoms with Crippen LogP contribution in [0.3, 0.4) is 0 Å². The Hall–Kier alpha value is -3.35. The molecule has 0 saturated heterocycles. The number of nitrogens with zero attached hydrogens (tertiary/aromatic N) is 2. The maximum Gasteiger partial charge on any atom is 0.240 e. The minimum atomic E-state index is -0.0699. The number of hydrazone groups is 2. The van der Waals surface area contributed by atoms with Crippen LogP contribution in [0.2, 0.25) is 0 Å². The van der Waals surface area contributed by atoms with Crippen LogP contribution in [0.25, 0.3) is 0 Å². The molecule has 0 radical (unpaired) electrons. The number of amides is 1. The number of hydrogen-bond donors (Lipinski definition) is 4. The van der Waals surface area contributed by atoms with E-state index in [0.717, 1.165) is 17.0 Å². The molecule has 0 saturated carbocycles. The average molecular weight is 352 g/mol. The van der Waals surface area contributed by atoms with E-state index in [4.69, 9.17) is 0 Å². The average Bonchev–Trinajstić information content (AvgIpc) is 2.62. The van der Waals surface area contributed by atoms with Crippen molar-refractivity contribution < 1.29 is 15.0 Å². The summed E-state index contributed by atoms with van der Waals surface area (Å²) in [7, 11) is 0. The SMILES string of the molecule is C/C(=N\Nc1ccc(C2=NNC(=O)CC2C)cc1)c1cc(O)ccc1O. The molecule has 1 amide bonds. The van der Waals surface area contributed by atoms with Crippen molar-refractivity contribution in [1.82, 2.24) is 5.43 Å². The predicted molar refractivity (Wildman–Crippen MR) is 101 cm³/mol. The second kappa shape index (κ2) is 7.26. The number of anilines is 1. The van der Waals surface area contributed by atoms with Crippen LogP contribution in [-0.2, 0) is 4.79 Å². The maximum absolute atomic E-state index is 11.3. The van der Waals surface area contributed by atoms with Crippen molar-refractivity contribution >= 4 is 23.0 Å². The van der Waals surface area contributed by atoms with Crippen LogP contribution < -0.4 is 10.9 Å². The Balaban J connectivity index is 1.73. The van der Waals surface area contributed by atoms with Crippen molar-refractivity contribution in [2.24, 2.45) is 16.1 Å². The van der Waals surface area contributed by atoms with E-state index in [-0.39, 0.29) is 23.3 Å². The molecule has 0 aliphatic carbocycles. The smallest absolute Gasteiger partial charge is 0.240 e. The molecule has 1 unspecified atom stereocenters. The quantitative estimate of drug-likeness (QED) is 0.386. The fraction of sp³-hybridized carbons (Fsp3) is 0.211. The molecule has 26 heavy (non-hydrogen) atoms. The van der Waals surface area contributed by atoms with Gasteiger partial charge in [-0.05, 0) is 42.8 Å². The van der Waals surface area contributed by atoms with Crippen molar-refractivity contribution in [3.63, 3.8) is 0 Å². The van der Waals surface area contributed by atoms with Gasteiger partial charge in [0, 0.05) is 17.9 Å². The standard InChI is InChI=1S/C19H20N4O3/c1-11-9-18(26)22-23-19(11)13-3-5-14(6-4-13)21-20-12(2)16-10-15(24)7-8-17(16)25/h3-8,10-11,21,24-25H,9H2,1-2H3,(H,22,26)/b20-12+. The molecule has 0 bridgehead atoms. The summed E-state index contributed by atoms with van der Waals surface area (Å²) in [6.07, 6.45) is 0.426. The summed E-state index contributed by atoms with van der Waals surface area (Å²) < 4.78 is 0. The molecule has 2 aromatic rings. The van der Waals surface area contributed by atoms with Crippen LogP contribution in [0.15, 0.2) is 52.7 Å². The lowest BCUT2D eigenvalue weighted by Crippen LogP contribution is -2.31. The Morgan fingerprint density at radius 2 is 1.96 bits per heavy atom. The van der Waals surface area contributed by atoms with Gasteiger partial charge in [0.05, 0.1) is 17.1 Å². The number of benzene rings is 2. The molecular formula is C19H20N4O3. The van der Waals surface area contributed by atoms with Gasteiger partial charge in [0.25, 0.3) is 0 Å². The highest BCUT2D eigenvalue weighted by atomic mass is 16.3. The summed E-state index contributed by atoms with van der Waals surface area (Å²) in [5.74, 6) is 0.106. The first-order valence-electron chi connectivity index (χ1n) is 8.23. The second-order valence-electron chi connectivity index (χ2n) is 6.23. The zero-order valence-electron chi connectivity index (χ0n) is 14.5. The molecule has 1 atom stereocenters. The van der Waals surface area contributed by atoms with E-state index in [9.17, 15) is 15.0 Å². The molecule has 7 heteroatoms. The first-order chi connectivity index (χ1) is 12.4. The summed E-state index contributed by atoms with van der Waals surface area (Å²) in [5, 5.41) is 27.8. The van der Waals surface area contributed by atoms with Gasteiger partial charge in [0.1, 0.15) is 11.5 Å². The van der Waals surface area contributed by atoms with Crippen LogP contribution in [0, 0.1) is 5.92 Å². The molecule has 1 aliphatic heterocycles. The Labute approximate surface area is 151 Å². The molecule has 134 valence electrons. The number of aromatic hydroxyl groups is 2. The third kappa shape index (κ3) is 3.83. The van der Waals surface area contributed by atoms with Gasteiger partial charge in [-0.25, -0.2) is 5.43 Å². The molecule has 7 nitrogen and oxygen atoms in total. The number of phenolic OH excluding ortho intramolecular Hbond substituents is 2. The number of rotatable bonds is 4. The first kappa shape index (κ1) is 17.5. The molecule has 0 spiro atoms. The Morgan fingerprint density at radius 1 is 1.23 bits per heavy atom.